The van der Waals surface area contributed by atoms with Crippen molar-refractivity contribution < 1.29 is 0 Å². The molecule has 2 aromatic heterocycles. The molecule has 0 aromatic carbocycles. The number of hydrogen-bond acceptors (Lipinski definition) is 2. The monoisotopic (exact) mass is 209 g/mol. The molecule has 2 heterocycles. The van der Waals surface area contributed by atoms with Gasteiger partial charge in [0.05, 0.1) is 0 Å². The Morgan fingerprint density at radius 3 is 2.54 bits per heavy atom. The van der Waals surface area contributed by atoms with Crippen LogP contribution in [0.5, 0.6) is 0 Å². The van der Waals surface area contributed by atoms with Gasteiger partial charge in [0.1, 0.15) is 0 Å². The fraction of sp³-hybridized carbons (Fsp3) is 0.455. The topological polar surface area (TPSA) is 0 Å². The maximum absolute atomic E-state index is 3.29. The van der Waals surface area contributed by atoms with Crippen LogP contribution in [0.1, 0.15) is 31.2 Å². The summed E-state index contributed by atoms with van der Waals surface area (Å²) in [5, 5.41) is 3.29. The van der Waals surface area contributed by atoms with Crippen molar-refractivity contribution in [3.05, 3.63) is 21.9 Å². The van der Waals surface area contributed by atoms with E-state index in [1.54, 1.807) is 11.3 Å². The third-order valence-corrected chi connectivity index (χ3v) is 4.85. The standard InChI is InChI=1S/C11H13S2/c1-7-6-12-8-5-9(11(2,3)4)13-10(7)8/h5H,1-4H3. The first-order chi connectivity index (χ1) is 5.98. The highest BCUT2D eigenvalue weighted by molar-refractivity contribution is 7.27. The number of aryl methyl sites for hydroxylation is 1. The summed E-state index contributed by atoms with van der Waals surface area (Å²) < 4.78 is 2.82. The average molecular weight is 209 g/mol. The van der Waals surface area contributed by atoms with Gasteiger partial charge in [-0.2, -0.15) is 0 Å². The molecule has 1 radical (unpaired) electrons. The summed E-state index contributed by atoms with van der Waals surface area (Å²) in [4.78, 5) is 1.48. The van der Waals surface area contributed by atoms with Gasteiger partial charge in [-0.1, -0.05) is 20.8 Å². The molecule has 2 heteroatoms. The Bertz CT molecular complexity index is 426. The molecule has 0 aliphatic rings. The summed E-state index contributed by atoms with van der Waals surface area (Å²) in [5.41, 5.74) is 1.59. The molecule has 0 saturated carbocycles. The minimum Gasteiger partial charge on any atom is -0.139 e. The van der Waals surface area contributed by atoms with Crippen LogP contribution < -0.4 is 0 Å². The van der Waals surface area contributed by atoms with Crippen LogP contribution in [0.25, 0.3) is 9.40 Å². The predicted molar refractivity (Wildman–Crippen MR) is 62.0 cm³/mol. The molecule has 0 unspecified atom stereocenters. The van der Waals surface area contributed by atoms with Gasteiger partial charge in [0, 0.05) is 19.7 Å². The van der Waals surface area contributed by atoms with E-state index in [-0.39, 0.29) is 5.41 Å². The molecule has 2 rings (SSSR count). The highest BCUT2D eigenvalue weighted by Gasteiger charge is 2.17. The van der Waals surface area contributed by atoms with Gasteiger partial charge < -0.3 is 0 Å². The fourth-order valence-electron chi connectivity index (χ4n) is 1.26. The van der Waals surface area contributed by atoms with E-state index in [9.17, 15) is 0 Å². The largest absolute Gasteiger partial charge is 0.139 e. The molecule has 2 aromatic rings. The summed E-state index contributed by atoms with van der Waals surface area (Å²) >= 11 is 3.65. The van der Waals surface area contributed by atoms with E-state index in [1.807, 2.05) is 11.3 Å². The van der Waals surface area contributed by atoms with Crippen LogP contribution in [0.4, 0.5) is 0 Å². The van der Waals surface area contributed by atoms with Crippen molar-refractivity contribution in [3.63, 3.8) is 0 Å². The van der Waals surface area contributed by atoms with Crippen LogP contribution >= 0.6 is 22.7 Å². The molecule has 0 aliphatic carbocycles. The Hall–Kier alpha value is -0.340. The molecule has 69 valence electrons. The lowest BCUT2D eigenvalue weighted by Gasteiger charge is -2.14. The normalized spacial score (nSPS) is 12.6. The molecule has 0 bridgehead atoms. The second kappa shape index (κ2) is 2.82. The summed E-state index contributed by atoms with van der Waals surface area (Å²) in [6.45, 7) is 8.94. The minimum absolute atomic E-state index is 0.288. The molecular formula is C11H13S2. The zero-order valence-electron chi connectivity index (χ0n) is 8.39. The molecule has 0 amide bonds. The molecule has 0 nitrogen and oxygen atoms in total. The molecule has 0 fully saturated rings. The van der Waals surface area contributed by atoms with Crippen LogP contribution in [0, 0.1) is 12.3 Å². The van der Waals surface area contributed by atoms with Gasteiger partial charge in [-0.25, -0.2) is 0 Å². The second-order valence-electron chi connectivity index (χ2n) is 4.38. The smallest absolute Gasteiger partial charge is 0.0496 e. The predicted octanol–water partition coefficient (Wildman–Crippen LogP) is 4.37. The highest BCUT2D eigenvalue weighted by Crippen LogP contribution is 2.38. The lowest BCUT2D eigenvalue weighted by atomic mass is 9.95. The molecule has 13 heavy (non-hydrogen) atoms. The van der Waals surface area contributed by atoms with Gasteiger partial charge in [0.15, 0.2) is 0 Å². The Kier molecular flexibility index (Phi) is 2.00. The highest BCUT2D eigenvalue weighted by atomic mass is 32.1. The summed E-state index contributed by atoms with van der Waals surface area (Å²) in [6, 6.07) is 2.31. The quantitative estimate of drug-likeness (QED) is 0.604. The van der Waals surface area contributed by atoms with Crippen LogP contribution in [-0.2, 0) is 5.41 Å². The van der Waals surface area contributed by atoms with Crippen molar-refractivity contribution in [3.8, 4) is 0 Å². The first kappa shape index (κ1) is 9.22. The van der Waals surface area contributed by atoms with E-state index >= 15 is 0 Å². The molecule has 0 N–H and O–H groups in total. The van der Waals surface area contributed by atoms with E-state index in [0.717, 1.165) is 0 Å². The lowest BCUT2D eigenvalue weighted by molar-refractivity contribution is 0.604. The molecular weight excluding hydrogens is 196 g/mol. The third-order valence-electron chi connectivity index (χ3n) is 2.09. The van der Waals surface area contributed by atoms with E-state index in [2.05, 4.69) is 39.1 Å². The minimum atomic E-state index is 0.288. The summed E-state index contributed by atoms with van der Waals surface area (Å²) in [7, 11) is 0. The van der Waals surface area contributed by atoms with Gasteiger partial charge in [0.2, 0.25) is 0 Å². The van der Waals surface area contributed by atoms with Crippen LogP contribution in [0.3, 0.4) is 0 Å². The van der Waals surface area contributed by atoms with E-state index in [1.165, 1.54) is 19.8 Å². The second-order valence-corrected chi connectivity index (χ2v) is 6.28. The van der Waals surface area contributed by atoms with Crippen molar-refractivity contribution >= 4 is 32.1 Å². The Balaban J connectivity index is 2.63. The molecule has 0 aliphatic heterocycles. The van der Waals surface area contributed by atoms with Crippen LogP contribution in [0.2, 0.25) is 0 Å². The van der Waals surface area contributed by atoms with Crippen molar-refractivity contribution in [2.24, 2.45) is 0 Å². The van der Waals surface area contributed by atoms with E-state index < -0.39 is 0 Å². The zero-order chi connectivity index (χ0) is 9.64. The fourth-order valence-corrected chi connectivity index (χ4v) is 3.50. The van der Waals surface area contributed by atoms with Gasteiger partial charge in [-0.15, -0.1) is 22.7 Å². The average Bonchev–Trinajstić information content (AvgIpc) is 2.51. The number of rotatable bonds is 0. The maximum Gasteiger partial charge on any atom is 0.0496 e. The molecule has 0 atom stereocenters. The summed E-state index contributed by atoms with van der Waals surface area (Å²) in [6.07, 6.45) is 0. The van der Waals surface area contributed by atoms with Gasteiger partial charge in [-0.3, -0.25) is 0 Å². The first-order valence-corrected chi connectivity index (χ1v) is 6.03. The Morgan fingerprint density at radius 1 is 1.31 bits per heavy atom. The van der Waals surface area contributed by atoms with E-state index in [0.29, 0.717) is 0 Å². The number of hydrogen-bond donors (Lipinski definition) is 0. The third kappa shape index (κ3) is 1.53. The maximum atomic E-state index is 3.29. The van der Waals surface area contributed by atoms with Crippen LogP contribution in [-0.4, -0.2) is 0 Å². The Labute approximate surface area is 87.2 Å². The van der Waals surface area contributed by atoms with Gasteiger partial charge in [-0.05, 0) is 24.0 Å². The van der Waals surface area contributed by atoms with Gasteiger partial charge in [0.25, 0.3) is 0 Å². The zero-order valence-corrected chi connectivity index (χ0v) is 10.0. The lowest BCUT2D eigenvalue weighted by Crippen LogP contribution is -2.07. The van der Waals surface area contributed by atoms with Gasteiger partial charge >= 0.3 is 0 Å². The molecule has 0 saturated heterocycles. The van der Waals surface area contributed by atoms with Crippen molar-refractivity contribution in [1.82, 2.24) is 0 Å². The Morgan fingerprint density at radius 2 is 2.00 bits per heavy atom. The summed E-state index contributed by atoms with van der Waals surface area (Å²) in [5.74, 6) is 0. The van der Waals surface area contributed by atoms with E-state index in [4.69, 9.17) is 0 Å². The SMILES string of the molecule is Cc1[c]sc2cc(C(C)(C)C)sc12. The number of fused-ring (bicyclic) bond motifs is 1. The van der Waals surface area contributed by atoms with Crippen molar-refractivity contribution in [2.75, 3.05) is 0 Å². The first-order valence-electron chi connectivity index (χ1n) is 4.39. The van der Waals surface area contributed by atoms with Crippen molar-refractivity contribution in [2.45, 2.75) is 33.1 Å². The van der Waals surface area contributed by atoms with Crippen LogP contribution in [0.15, 0.2) is 6.07 Å². The molecule has 0 spiro atoms. The van der Waals surface area contributed by atoms with Crippen molar-refractivity contribution in [1.29, 1.82) is 0 Å². The number of thiophene rings is 2.